The number of benzene rings is 2. The number of hydrogen-bond acceptors (Lipinski definition) is 5. The monoisotopic (exact) mass is 456 g/mol. The molecule has 1 amide bonds. The van der Waals surface area contributed by atoms with E-state index in [0.29, 0.717) is 35.4 Å². The van der Waals surface area contributed by atoms with Gasteiger partial charge < -0.3 is 14.4 Å². The number of carbonyl (C=O) groups excluding carboxylic acids is 1. The molecule has 1 atom stereocenters. The van der Waals surface area contributed by atoms with Crippen molar-refractivity contribution >= 4 is 29.7 Å². The molecule has 5 rings (SSSR count). The van der Waals surface area contributed by atoms with Crippen molar-refractivity contribution in [2.45, 2.75) is 25.4 Å². The molecule has 3 heterocycles. The van der Waals surface area contributed by atoms with Crippen molar-refractivity contribution in [3.63, 3.8) is 0 Å². The Morgan fingerprint density at radius 1 is 1.16 bits per heavy atom. The standard InChI is InChI=1S/C22H21ClN4O3S/c23-16-6-3-14(4-7-16)21-24-25-22(31)27(21)13-20(28)26-9-1-2-17(26)15-5-8-18-19(12-15)30-11-10-29-18/h3-8,12,17H,1-2,9-11,13H2,(H,25,31). The van der Waals surface area contributed by atoms with Gasteiger partial charge in [0.25, 0.3) is 0 Å². The quantitative estimate of drug-likeness (QED) is 0.589. The molecule has 2 aromatic carbocycles. The van der Waals surface area contributed by atoms with Gasteiger partial charge in [0.05, 0.1) is 6.04 Å². The zero-order valence-corrected chi connectivity index (χ0v) is 18.3. The molecule has 1 N–H and O–H groups in total. The summed E-state index contributed by atoms with van der Waals surface area (Å²) in [5.74, 6) is 2.11. The first-order valence-corrected chi connectivity index (χ1v) is 11.0. The van der Waals surface area contributed by atoms with Crippen LogP contribution in [0.3, 0.4) is 0 Å². The average Bonchev–Trinajstić information content (AvgIpc) is 3.42. The Balaban J connectivity index is 1.39. The van der Waals surface area contributed by atoms with Gasteiger partial charge in [-0.25, -0.2) is 0 Å². The fraction of sp³-hybridized carbons (Fsp3) is 0.318. The van der Waals surface area contributed by atoms with Crippen molar-refractivity contribution in [3.05, 3.63) is 57.8 Å². The lowest BCUT2D eigenvalue weighted by atomic mass is 10.0. The molecule has 0 aliphatic carbocycles. The van der Waals surface area contributed by atoms with Crippen LogP contribution in [0.15, 0.2) is 42.5 Å². The SMILES string of the molecule is O=C(Cn1c(-c2ccc(Cl)cc2)n[nH]c1=S)N1CCCC1c1ccc2c(c1)OCCO2. The van der Waals surface area contributed by atoms with Gasteiger partial charge in [0.15, 0.2) is 22.1 Å². The van der Waals surface area contributed by atoms with Crippen LogP contribution in [0.2, 0.25) is 5.02 Å². The summed E-state index contributed by atoms with van der Waals surface area (Å²) in [6.07, 6.45) is 1.86. The number of fused-ring (bicyclic) bond motifs is 1. The highest BCUT2D eigenvalue weighted by Gasteiger charge is 2.31. The first-order valence-electron chi connectivity index (χ1n) is 10.2. The minimum absolute atomic E-state index is 0.00313. The number of ether oxygens (including phenoxy) is 2. The summed E-state index contributed by atoms with van der Waals surface area (Å²) in [4.78, 5) is 15.2. The fourth-order valence-corrected chi connectivity index (χ4v) is 4.51. The second kappa shape index (κ2) is 8.36. The van der Waals surface area contributed by atoms with Gasteiger partial charge in [-0.1, -0.05) is 17.7 Å². The number of carbonyl (C=O) groups is 1. The Morgan fingerprint density at radius 3 is 2.74 bits per heavy atom. The van der Waals surface area contributed by atoms with E-state index in [2.05, 4.69) is 10.2 Å². The molecule has 9 heteroatoms. The third kappa shape index (κ3) is 3.93. The number of nitrogens with zero attached hydrogens (tertiary/aromatic N) is 3. The van der Waals surface area contributed by atoms with Crippen LogP contribution in [-0.2, 0) is 11.3 Å². The Hall–Kier alpha value is -2.84. The molecule has 1 fully saturated rings. The lowest BCUT2D eigenvalue weighted by Gasteiger charge is -2.27. The van der Waals surface area contributed by atoms with E-state index < -0.39 is 0 Å². The highest BCUT2D eigenvalue weighted by Crippen LogP contribution is 2.38. The van der Waals surface area contributed by atoms with E-state index in [1.54, 1.807) is 16.7 Å². The third-order valence-electron chi connectivity index (χ3n) is 5.68. The summed E-state index contributed by atoms with van der Waals surface area (Å²) in [5, 5.41) is 7.77. The van der Waals surface area contributed by atoms with Crippen LogP contribution in [0.25, 0.3) is 11.4 Å². The predicted molar refractivity (Wildman–Crippen MR) is 119 cm³/mol. The zero-order valence-electron chi connectivity index (χ0n) is 16.7. The molecule has 2 aliphatic heterocycles. The van der Waals surface area contributed by atoms with Gasteiger partial charge in [-0.2, -0.15) is 5.10 Å². The molecular formula is C22H21ClN4O3S. The molecule has 1 saturated heterocycles. The molecule has 1 unspecified atom stereocenters. The largest absolute Gasteiger partial charge is 0.486 e. The molecule has 160 valence electrons. The van der Waals surface area contributed by atoms with Crippen LogP contribution in [-0.4, -0.2) is 45.3 Å². The van der Waals surface area contributed by atoms with Crippen LogP contribution in [0.1, 0.15) is 24.4 Å². The highest BCUT2D eigenvalue weighted by molar-refractivity contribution is 7.71. The Morgan fingerprint density at radius 2 is 1.94 bits per heavy atom. The summed E-state index contributed by atoms with van der Waals surface area (Å²) in [6.45, 7) is 1.92. The first-order chi connectivity index (χ1) is 15.1. The lowest BCUT2D eigenvalue weighted by molar-refractivity contribution is -0.132. The van der Waals surface area contributed by atoms with E-state index in [-0.39, 0.29) is 18.5 Å². The van der Waals surface area contributed by atoms with Crippen LogP contribution < -0.4 is 9.47 Å². The maximum atomic E-state index is 13.3. The van der Waals surface area contributed by atoms with E-state index >= 15 is 0 Å². The van der Waals surface area contributed by atoms with Crippen LogP contribution in [0.5, 0.6) is 11.5 Å². The van der Waals surface area contributed by atoms with Gasteiger partial charge in [-0.15, -0.1) is 0 Å². The minimum atomic E-state index is 0.00313. The first kappa shape index (κ1) is 20.1. The van der Waals surface area contributed by atoms with Crippen molar-refractivity contribution in [3.8, 4) is 22.9 Å². The Bertz CT molecular complexity index is 1170. The average molecular weight is 457 g/mol. The molecule has 0 spiro atoms. The number of likely N-dealkylation sites (tertiary alicyclic amines) is 1. The number of H-pyrrole nitrogens is 1. The minimum Gasteiger partial charge on any atom is -0.486 e. The van der Waals surface area contributed by atoms with Gasteiger partial charge in [-0.3, -0.25) is 14.5 Å². The zero-order chi connectivity index (χ0) is 21.4. The summed E-state index contributed by atoms with van der Waals surface area (Å²) in [7, 11) is 0. The number of aromatic amines is 1. The maximum Gasteiger partial charge on any atom is 0.243 e. The van der Waals surface area contributed by atoms with Gasteiger partial charge in [0, 0.05) is 17.1 Å². The third-order valence-corrected chi connectivity index (χ3v) is 6.24. The Kier molecular flexibility index (Phi) is 5.41. The molecule has 0 saturated carbocycles. The molecule has 1 aromatic heterocycles. The van der Waals surface area contributed by atoms with Gasteiger partial charge in [-0.05, 0) is 67.0 Å². The van der Waals surface area contributed by atoms with Crippen molar-refractivity contribution in [1.82, 2.24) is 19.7 Å². The van der Waals surface area contributed by atoms with Crippen molar-refractivity contribution in [2.24, 2.45) is 0 Å². The van der Waals surface area contributed by atoms with E-state index in [0.717, 1.165) is 35.5 Å². The second-order valence-electron chi connectivity index (χ2n) is 7.59. The second-order valence-corrected chi connectivity index (χ2v) is 8.42. The molecule has 2 aliphatic rings. The van der Waals surface area contributed by atoms with Crippen molar-refractivity contribution < 1.29 is 14.3 Å². The van der Waals surface area contributed by atoms with Crippen LogP contribution in [0, 0.1) is 4.77 Å². The Labute approximate surface area is 189 Å². The normalized spacial score (nSPS) is 17.7. The highest BCUT2D eigenvalue weighted by atomic mass is 35.5. The fourth-order valence-electron chi connectivity index (χ4n) is 4.19. The summed E-state index contributed by atoms with van der Waals surface area (Å²) in [6, 6.07) is 13.3. The number of halogens is 1. The molecular weight excluding hydrogens is 436 g/mol. The van der Waals surface area contributed by atoms with Crippen molar-refractivity contribution in [1.29, 1.82) is 0 Å². The molecule has 3 aromatic rings. The predicted octanol–water partition coefficient (Wildman–Crippen LogP) is 4.40. The van der Waals surface area contributed by atoms with Crippen LogP contribution >= 0.6 is 23.8 Å². The molecule has 7 nitrogen and oxygen atoms in total. The number of amides is 1. The number of nitrogens with one attached hydrogen (secondary N) is 1. The topological polar surface area (TPSA) is 72.4 Å². The maximum absolute atomic E-state index is 13.3. The van der Waals surface area contributed by atoms with Crippen LogP contribution in [0.4, 0.5) is 0 Å². The summed E-state index contributed by atoms with van der Waals surface area (Å²) in [5.41, 5.74) is 1.90. The lowest BCUT2D eigenvalue weighted by Crippen LogP contribution is -2.33. The van der Waals surface area contributed by atoms with E-state index in [4.69, 9.17) is 33.3 Å². The molecule has 31 heavy (non-hydrogen) atoms. The van der Waals surface area contributed by atoms with Crippen molar-refractivity contribution in [2.75, 3.05) is 19.8 Å². The number of hydrogen-bond donors (Lipinski definition) is 1. The smallest absolute Gasteiger partial charge is 0.243 e. The molecule has 0 bridgehead atoms. The van der Waals surface area contributed by atoms with E-state index in [9.17, 15) is 4.79 Å². The molecule has 0 radical (unpaired) electrons. The summed E-state index contributed by atoms with van der Waals surface area (Å²) >= 11 is 11.4. The van der Waals surface area contributed by atoms with Gasteiger partial charge >= 0.3 is 0 Å². The number of rotatable bonds is 4. The van der Waals surface area contributed by atoms with Gasteiger partial charge in [0.1, 0.15) is 19.8 Å². The van der Waals surface area contributed by atoms with E-state index in [1.807, 2.05) is 35.2 Å². The van der Waals surface area contributed by atoms with E-state index in [1.165, 1.54) is 0 Å². The summed E-state index contributed by atoms with van der Waals surface area (Å²) < 4.78 is 13.5. The van der Waals surface area contributed by atoms with Gasteiger partial charge in [0.2, 0.25) is 5.91 Å². The number of aromatic nitrogens is 3.